The first-order chi connectivity index (χ1) is 8.83. The van der Waals surface area contributed by atoms with Crippen molar-refractivity contribution in [3.8, 4) is 0 Å². The Labute approximate surface area is 116 Å². The van der Waals surface area contributed by atoms with Gasteiger partial charge in [0.25, 0.3) is 0 Å². The van der Waals surface area contributed by atoms with Crippen molar-refractivity contribution >= 4 is 5.91 Å². The van der Waals surface area contributed by atoms with Crippen LogP contribution in [0.25, 0.3) is 0 Å². The molecular formula is C16H25NO2. The average molecular weight is 263 g/mol. The van der Waals surface area contributed by atoms with E-state index in [0.717, 1.165) is 6.42 Å². The van der Waals surface area contributed by atoms with Crippen LogP contribution in [0.1, 0.15) is 38.3 Å². The Hall–Kier alpha value is -1.35. The lowest BCUT2D eigenvalue weighted by molar-refractivity contribution is -0.122. The molecule has 3 heteroatoms. The molecule has 0 heterocycles. The number of benzene rings is 1. The zero-order valence-corrected chi connectivity index (χ0v) is 12.4. The van der Waals surface area contributed by atoms with Gasteiger partial charge in [-0.3, -0.25) is 4.79 Å². The van der Waals surface area contributed by atoms with Crippen molar-refractivity contribution in [2.24, 2.45) is 5.92 Å². The molecule has 19 heavy (non-hydrogen) atoms. The highest BCUT2D eigenvalue weighted by Gasteiger charge is 2.25. The zero-order valence-electron chi connectivity index (χ0n) is 12.4. The van der Waals surface area contributed by atoms with E-state index >= 15 is 0 Å². The highest BCUT2D eigenvalue weighted by molar-refractivity contribution is 5.76. The first-order valence-electron chi connectivity index (χ1n) is 6.86. The summed E-state index contributed by atoms with van der Waals surface area (Å²) in [5, 5.41) is 12.9. The summed E-state index contributed by atoms with van der Waals surface area (Å²) in [6, 6.07) is 8.09. The minimum absolute atomic E-state index is 0.0100. The molecule has 0 fully saturated rings. The molecule has 0 saturated carbocycles. The summed E-state index contributed by atoms with van der Waals surface area (Å²) in [5.74, 6) is 0.105. The standard InChI is InChI=1S/C16H25NO2/c1-12(2)16(4,19)11-17-15(18)10-9-14-8-6-5-7-13(14)3/h5-8,12,19H,9-11H2,1-4H3,(H,17,18). The van der Waals surface area contributed by atoms with Crippen molar-refractivity contribution in [2.45, 2.75) is 46.1 Å². The van der Waals surface area contributed by atoms with Crippen LogP contribution in [0.3, 0.4) is 0 Å². The predicted octanol–water partition coefficient (Wildman–Crippen LogP) is 2.45. The number of rotatable bonds is 6. The number of amides is 1. The maximum Gasteiger partial charge on any atom is 0.220 e. The molecule has 0 aromatic heterocycles. The average Bonchev–Trinajstić information content (AvgIpc) is 2.35. The molecule has 1 atom stereocenters. The number of nitrogens with one attached hydrogen (secondary N) is 1. The van der Waals surface area contributed by atoms with Crippen LogP contribution in [0.15, 0.2) is 24.3 Å². The largest absolute Gasteiger partial charge is 0.388 e. The lowest BCUT2D eigenvalue weighted by atomic mass is 9.92. The van der Waals surface area contributed by atoms with Crippen molar-refractivity contribution in [2.75, 3.05) is 6.54 Å². The molecule has 0 aliphatic rings. The first-order valence-corrected chi connectivity index (χ1v) is 6.86. The highest BCUT2D eigenvalue weighted by Crippen LogP contribution is 2.14. The van der Waals surface area contributed by atoms with E-state index in [4.69, 9.17) is 0 Å². The van der Waals surface area contributed by atoms with Crippen molar-refractivity contribution in [3.05, 3.63) is 35.4 Å². The van der Waals surface area contributed by atoms with Crippen LogP contribution in [0.5, 0.6) is 0 Å². The maximum atomic E-state index is 11.8. The Morgan fingerprint density at radius 1 is 1.37 bits per heavy atom. The SMILES string of the molecule is Cc1ccccc1CCC(=O)NCC(C)(O)C(C)C. The summed E-state index contributed by atoms with van der Waals surface area (Å²) in [7, 11) is 0. The zero-order chi connectivity index (χ0) is 14.5. The molecule has 1 aromatic carbocycles. The number of carbonyl (C=O) groups is 1. The normalized spacial score (nSPS) is 14.2. The van der Waals surface area contributed by atoms with Crippen LogP contribution in [-0.4, -0.2) is 23.2 Å². The smallest absolute Gasteiger partial charge is 0.220 e. The quantitative estimate of drug-likeness (QED) is 0.828. The van der Waals surface area contributed by atoms with Gasteiger partial charge in [-0.15, -0.1) is 0 Å². The molecule has 0 radical (unpaired) electrons. The summed E-state index contributed by atoms with van der Waals surface area (Å²) < 4.78 is 0. The van der Waals surface area contributed by atoms with Crippen LogP contribution < -0.4 is 5.32 Å². The molecule has 0 saturated heterocycles. The van der Waals surface area contributed by atoms with E-state index in [1.807, 2.05) is 32.0 Å². The molecule has 1 unspecified atom stereocenters. The van der Waals surface area contributed by atoms with Crippen LogP contribution >= 0.6 is 0 Å². The second-order valence-electron chi connectivity index (χ2n) is 5.72. The Morgan fingerprint density at radius 3 is 2.58 bits per heavy atom. The second kappa shape index (κ2) is 6.71. The fourth-order valence-electron chi connectivity index (χ4n) is 1.71. The molecule has 0 spiro atoms. The molecule has 106 valence electrons. The Balaban J connectivity index is 2.39. The molecule has 0 bridgehead atoms. The minimum Gasteiger partial charge on any atom is -0.388 e. The monoisotopic (exact) mass is 263 g/mol. The molecular weight excluding hydrogens is 238 g/mol. The fourth-order valence-corrected chi connectivity index (χ4v) is 1.71. The lowest BCUT2D eigenvalue weighted by Crippen LogP contribution is -2.44. The van der Waals surface area contributed by atoms with Crippen molar-refractivity contribution < 1.29 is 9.90 Å². The molecule has 0 aliphatic heterocycles. The van der Waals surface area contributed by atoms with Gasteiger partial charge in [-0.05, 0) is 37.3 Å². The Morgan fingerprint density at radius 2 is 2.00 bits per heavy atom. The number of hydrogen-bond donors (Lipinski definition) is 2. The van der Waals surface area contributed by atoms with Gasteiger partial charge >= 0.3 is 0 Å². The number of aliphatic hydroxyl groups is 1. The van der Waals surface area contributed by atoms with E-state index < -0.39 is 5.60 Å². The molecule has 3 nitrogen and oxygen atoms in total. The molecule has 1 rings (SSSR count). The topological polar surface area (TPSA) is 49.3 Å². The lowest BCUT2D eigenvalue weighted by Gasteiger charge is -2.27. The Kier molecular flexibility index (Phi) is 5.55. The van der Waals surface area contributed by atoms with E-state index in [0.29, 0.717) is 13.0 Å². The second-order valence-corrected chi connectivity index (χ2v) is 5.72. The third kappa shape index (κ3) is 5.03. The number of aryl methyl sites for hydroxylation is 2. The maximum absolute atomic E-state index is 11.8. The fraction of sp³-hybridized carbons (Fsp3) is 0.562. The highest BCUT2D eigenvalue weighted by atomic mass is 16.3. The molecule has 0 aliphatic carbocycles. The van der Waals surface area contributed by atoms with Gasteiger partial charge in [0, 0.05) is 13.0 Å². The van der Waals surface area contributed by atoms with E-state index in [-0.39, 0.29) is 11.8 Å². The van der Waals surface area contributed by atoms with Crippen molar-refractivity contribution in [1.82, 2.24) is 5.32 Å². The summed E-state index contributed by atoms with van der Waals surface area (Å²) in [6.45, 7) is 7.99. The van der Waals surface area contributed by atoms with Gasteiger partial charge in [0.1, 0.15) is 0 Å². The van der Waals surface area contributed by atoms with Gasteiger partial charge in [0.2, 0.25) is 5.91 Å². The summed E-state index contributed by atoms with van der Waals surface area (Å²) in [4.78, 5) is 11.8. The van der Waals surface area contributed by atoms with E-state index in [9.17, 15) is 9.90 Å². The van der Waals surface area contributed by atoms with Crippen molar-refractivity contribution in [1.29, 1.82) is 0 Å². The van der Waals surface area contributed by atoms with Gasteiger partial charge in [-0.1, -0.05) is 38.1 Å². The van der Waals surface area contributed by atoms with Crippen LogP contribution in [-0.2, 0) is 11.2 Å². The summed E-state index contributed by atoms with van der Waals surface area (Å²) >= 11 is 0. The number of carbonyl (C=O) groups excluding carboxylic acids is 1. The number of hydrogen-bond acceptors (Lipinski definition) is 2. The predicted molar refractivity (Wildman–Crippen MR) is 78.0 cm³/mol. The van der Waals surface area contributed by atoms with Gasteiger partial charge in [-0.2, -0.15) is 0 Å². The van der Waals surface area contributed by atoms with E-state index in [2.05, 4.69) is 18.3 Å². The van der Waals surface area contributed by atoms with E-state index in [1.165, 1.54) is 11.1 Å². The molecule has 1 aromatic rings. The van der Waals surface area contributed by atoms with Gasteiger partial charge in [0.15, 0.2) is 0 Å². The molecule has 1 amide bonds. The van der Waals surface area contributed by atoms with E-state index in [1.54, 1.807) is 6.92 Å². The van der Waals surface area contributed by atoms with Crippen molar-refractivity contribution in [3.63, 3.8) is 0 Å². The molecule has 2 N–H and O–H groups in total. The van der Waals surface area contributed by atoms with Crippen LogP contribution in [0, 0.1) is 12.8 Å². The van der Waals surface area contributed by atoms with Gasteiger partial charge < -0.3 is 10.4 Å². The van der Waals surface area contributed by atoms with Crippen LogP contribution in [0.2, 0.25) is 0 Å². The Bertz CT molecular complexity index is 425. The van der Waals surface area contributed by atoms with Gasteiger partial charge in [-0.25, -0.2) is 0 Å². The first kappa shape index (κ1) is 15.7. The third-order valence-corrected chi connectivity index (χ3v) is 3.77. The third-order valence-electron chi connectivity index (χ3n) is 3.77. The minimum atomic E-state index is -0.849. The summed E-state index contributed by atoms with van der Waals surface area (Å²) in [6.07, 6.45) is 1.20. The van der Waals surface area contributed by atoms with Crippen LogP contribution in [0.4, 0.5) is 0 Å². The summed E-state index contributed by atoms with van der Waals surface area (Å²) in [5.41, 5.74) is 1.57. The van der Waals surface area contributed by atoms with Gasteiger partial charge in [0.05, 0.1) is 5.60 Å².